The van der Waals surface area contributed by atoms with E-state index in [2.05, 4.69) is 10.3 Å². The number of halogens is 5. The molecule has 0 aliphatic heterocycles. The quantitative estimate of drug-likeness (QED) is 0.595. The van der Waals surface area contributed by atoms with Crippen molar-refractivity contribution in [2.75, 3.05) is 13.7 Å². The summed E-state index contributed by atoms with van der Waals surface area (Å²) in [5, 5.41) is 7.46. The van der Waals surface area contributed by atoms with E-state index in [0.29, 0.717) is 0 Å². The lowest BCUT2D eigenvalue weighted by Crippen LogP contribution is -2.17. The van der Waals surface area contributed by atoms with Crippen molar-refractivity contribution in [3.05, 3.63) is 47.0 Å². The minimum absolute atomic E-state index is 0.0131. The highest BCUT2D eigenvalue weighted by Crippen LogP contribution is 2.39. The summed E-state index contributed by atoms with van der Waals surface area (Å²) < 4.78 is 65.0. The second kappa shape index (κ2) is 7.08. The first-order valence-electron chi connectivity index (χ1n) is 7.36. The predicted octanol–water partition coefficient (Wildman–Crippen LogP) is 4.66. The van der Waals surface area contributed by atoms with E-state index in [4.69, 9.17) is 20.9 Å². The molecule has 3 aromatic rings. The number of nitrogens with zero attached hydrogens (tertiary/aromatic N) is 3. The van der Waals surface area contributed by atoms with Gasteiger partial charge in [0.25, 0.3) is 0 Å². The average molecular weight is 390 g/mol. The maximum absolute atomic E-state index is 14.0. The molecule has 0 spiro atoms. The van der Waals surface area contributed by atoms with E-state index in [1.54, 1.807) is 0 Å². The summed E-state index contributed by atoms with van der Waals surface area (Å²) in [6.45, 7) is -0.0395. The Kier molecular flexibility index (Phi) is 5.01. The first-order valence-corrected chi connectivity index (χ1v) is 7.74. The van der Waals surface area contributed by atoms with Crippen LogP contribution in [0.4, 0.5) is 17.6 Å². The van der Waals surface area contributed by atoms with Crippen LogP contribution in [0, 0.1) is 5.82 Å². The molecule has 2 aromatic heterocycles. The van der Waals surface area contributed by atoms with E-state index in [9.17, 15) is 17.6 Å². The highest BCUT2D eigenvalue weighted by molar-refractivity contribution is 6.33. The molecule has 10 heteroatoms. The SMILES string of the molecule is COCCn1ncc(-c2cc(-c3c(F)cccc3Cl)no2)c1C(F)(F)F. The Morgan fingerprint density at radius 2 is 2.08 bits per heavy atom. The Morgan fingerprint density at radius 1 is 1.31 bits per heavy atom. The third kappa shape index (κ3) is 3.45. The van der Waals surface area contributed by atoms with E-state index in [1.165, 1.54) is 31.4 Å². The zero-order valence-electron chi connectivity index (χ0n) is 13.3. The molecule has 0 aliphatic carbocycles. The van der Waals surface area contributed by atoms with Gasteiger partial charge in [-0.1, -0.05) is 22.8 Å². The van der Waals surface area contributed by atoms with Gasteiger partial charge in [0.1, 0.15) is 11.5 Å². The second-order valence-corrected chi connectivity index (χ2v) is 5.70. The molecule has 0 fully saturated rings. The first-order chi connectivity index (χ1) is 12.3. The van der Waals surface area contributed by atoms with Crippen LogP contribution in [0.1, 0.15) is 5.69 Å². The molecule has 0 N–H and O–H groups in total. The lowest BCUT2D eigenvalue weighted by atomic mass is 10.1. The number of methoxy groups -OCH3 is 1. The lowest BCUT2D eigenvalue weighted by Gasteiger charge is -2.11. The van der Waals surface area contributed by atoms with Crippen LogP contribution in [0.25, 0.3) is 22.6 Å². The Bertz CT molecular complexity index is 900. The van der Waals surface area contributed by atoms with Gasteiger partial charge in [-0.3, -0.25) is 4.68 Å². The fourth-order valence-electron chi connectivity index (χ4n) is 2.47. The molecule has 0 unspecified atom stereocenters. The van der Waals surface area contributed by atoms with Gasteiger partial charge in [0, 0.05) is 13.2 Å². The zero-order chi connectivity index (χ0) is 18.9. The van der Waals surface area contributed by atoms with Crippen molar-refractivity contribution in [2.45, 2.75) is 12.7 Å². The van der Waals surface area contributed by atoms with E-state index < -0.39 is 17.7 Å². The topological polar surface area (TPSA) is 53.1 Å². The summed E-state index contributed by atoms with van der Waals surface area (Å²) in [7, 11) is 1.37. The van der Waals surface area contributed by atoms with Crippen LogP contribution in [0.5, 0.6) is 0 Å². The van der Waals surface area contributed by atoms with Crippen molar-refractivity contribution in [3.63, 3.8) is 0 Å². The fourth-order valence-corrected chi connectivity index (χ4v) is 2.73. The first kappa shape index (κ1) is 18.4. The van der Waals surface area contributed by atoms with Gasteiger partial charge in [-0.15, -0.1) is 0 Å². The van der Waals surface area contributed by atoms with Gasteiger partial charge in [0.15, 0.2) is 11.5 Å². The van der Waals surface area contributed by atoms with Crippen LogP contribution in [0.2, 0.25) is 5.02 Å². The molecule has 0 aliphatic rings. The Hall–Kier alpha value is -2.39. The van der Waals surface area contributed by atoms with Crippen molar-refractivity contribution < 1.29 is 26.8 Å². The van der Waals surface area contributed by atoms with Gasteiger partial charge < -0.3 is 9.26 Å². The molecule has 0 atom stereocenters. The Labute approximate surface area is 150 Å². The standard InChI is InChI=1S/C16H12ClF4N3O2/c1-25-6-5-24-15(16(19,20)21)9(8-22-24)13-7-12(23-26-13)14-10(17)3-2-4-11(14)18/h2-4,7-8H,5-6H2,1H3. The highest BCUT2D eigenvalue weighted by atomic mass is 35.5. The van der Waals surface area contributed by atoms with Crippen LogP contribution in [0.3, 0.4) is 0 Å². The monoisotopic (exact) mass is 389 g/mol. The Morgan fingerprint density at radius 3 is 2.73 bits per heavy atom. The fraction of sp³-hybridized carbons (Fsp3) is 0.250. The van der Waals surface area contributed by atoms with E-state index in [0.717, 1.165) is 10.9 Å². The van der Waals surface area contributed by atoms with Crippen molar-refractivity contribution in [3.8, 4) is 22.6 Å². The minimum atomic E-state index is -4.68. The van der Waals surface area contributed by atoms with Crippen molar-refractivity contribution >= 4 is 11.6 Å². The summed E-state index contributed by atoms with van der Waals surface area (Å²) >= 11 is 5.95. The van der Waals surface area contributed by atoms with Crippen molar-refractivity contribution in [1.29, 1.82) is 0 Å². The summed E-state index contributed by atoms with van der Waals surface area (Å²) in [5.74, 6) is -0.862. The largest absolute Gasteiger partial charge is 0.433 e. The lowest BCUT2D eigenvalue weighted by molar-refractivity contribution is -0.144. The van der Waals surface area contributed by atoms with E-state index in [1.807, 2.05) is 0 Å². The number of aromatic nitrogens is 3. The van der Waals surface area contributed by atoms with Crippen LogP contribution in [-0.2, 0) is 17.5 Å². The molecular formula is C16H12ClF4N3O2. The molecule has 26 heavy (non-hydrogen) atoms. The smallest absolute Gasteiger partial charge is 0.383 e. The van der Waals surface area contributed by atoms with Crippen LogP contribution >= 0.6 is 11.6 Å². The number of ether oxygens (including phenoxy) is 1. The summed E-state index contributed by atoms with van der Waals surface area (Å²) in [6, 6.07) is 5.21. The Balaban J connectivity index is 2.06. The molecule has 0 saturated carbocycles. The minimum Gasteiger partial charge on any atom is -0.383 e. The molecule has 3 rings (SSSR count). The van der Waals surface area contributed by atoms with Crippen LogP contribution in [-0.4, -0.2) is 28.7 Å². The predicted molar refractivity (Wildman–Crippen MR) is 85.0 cm³/mol. The maximum Gasteiger partial charge on any atom is 0.433 e. The van der Waals surface area contributed by atoms with Gasteiger partial charge in [0.2, 0.25) is 0 Å². The number of alkyl halides is 3. The zero-order valence-corrected chi connectivity index (χ0v) is 14.1. The maximum atomic E-state index is 14.0. The van der Waals surface area contributed by atoms with E-state index in [-0.39, 0.29) is 40.8 Å². The van der Waals surface area contributed by atoms with Crippen molar-refractivity contribution in [2.24, 2.45) is 0 Å². The van der Waals surface area contributed by atoms with Gasteiger partial charge in [-0.2, -0.15) is 18.3 Å². The average Bonchev–Trinajstić information content (AvgIpc) is 3.18. The van der Waals surface area contributed by atoms with Gasteiger partial charge in [0.05, 0.1) is 35.5 Å². The molecular weight excluding hydrogens is 378 g/mol. The molecule has 1 aromatic carbocycles. The normalized spacial score (nSPS) is 11.9. The molecule has 0 radical (unpaired) electrons. The summed E-state index contributed by atoms with van der Waals surface area (Å²) in [5.41, 5.74) is -1.37. The molecule has 2 heterocycles. The van der Waals surface area contributed by atoms with Crippen LogP contribution in [0.15, 0.2) is 35.0 Å². The van der Waals surface area contributed by atoms with Gasteiger partial charge in [-0.05, 0) is 12.1 Å². The molecule has 138 valence electrons. The third-order valence-electron chi connectivity index (χ3n) is 3.61. The summed E-state index contributed by atoms with van der Waals surface area (Å²) in [6.07, 6.45) is -3.66. The third-order valence-corrected chi connectivity index (χ3v) is 3.92. The second-order valence-electron chi connectivity index (χ2n) is 5.29. The summed E-state index contributed by atoms with van der Waals surface area (Å²) in [4.78, 5) is 0. The van der Waals surface area contributed by atoms with Gasteiger partial charge >= 0.3 is 6.18 Å². The van der Waals surface area contributed by atoms with Crippen molar-refractivity contribution in [1.82, 2.24) is 14.9 Å². The molecule has 5 nitrogen and oxygen atoms in total. The number of hydrogen-bond donors (Lipinski definition) is 0. The number of rotatable bonds is 5. The molecule has 0 amide bonds. The highest BCUT2D eigenvalue weighted by Gasteiger charge is 2.39. The van der Waals surface area contributed by atoms with Gasteiger partial charge in [-0.25, -0.2) is 4.39 Å². The van der Waals surface area contributed by atoms with E-state index >= 15 is 0 Å². The molecule has 0 saturated heterocycles. The number of hydrogen-bond acceptors (Lipinski definition) is 4. The van der Waals surface area contributed by atoms with Crippen LogP contribution < -0.4 is 0 Å². The number of benzene rings is 1. The molecule has 0 bridgehead atoms.